The number of nitrogens with zero attached hydrogens (tertiary/aromatic N) is 3. The minimum atomic E-state index is -0.852. The van der Waals surface area contributed by atoms with E-state index in [0.29, 0.717) is 30.4 Å². The van der Waals surface area contributed by atoms with Crippen LogP contribution in [0.2, 0.25) is 0 Å². The van der Waals surface area contributed by atoms with Gasteiger partial charge in [0.15, 0.2) is 11.6 Å². The molecule has 2 atom stereocenters. The van der Waals surface area contributed by atoms with E-state index in [4.69, 9.17) is 9.15 Å². The number of hydrogen-bond acceptors (Lipinski definition) is 7. The molecule has 41 heavy (non-hydrogen) atoms. The average molecular weight is 551 g/mol. The summed E-state index contributed by atoms with van der Waals surface area (Å²) in [5.41, 5.74) is 4.96. The number of amides is 1. The number of aliphatic hydroxyl groups is 1. The first-order chi connectivity index (χ1) is 19.9. The van der Waals surface area contributed by atoms with E-state index in [2.05, 4.69) is 15.5 Å². The van der Waals surface area contributed by atoms with Crippen molar-refractivity contribution >= 4 is 12.1 Å². The lowest BCUT2D eigenvalue weighted by Gasteiger charge is -2.19. The molecule has 0 saturated heterocycles. The van der Waals surface area contributed by atoms with Crippen LogP contribution < -0.4 is 15.0 Å². The highest BCUT2D eigenvalue weighted by Gasteiger charge is 2.33. The van der Waals surface area contributed by atoms with E-state index in [0.717, 1.165) is 27.8 Å². The Labute approximate surface area is 236 Å². The number of nitrogens with one attached hydrogen (secondary N) is 1. The van der Waals surface area contributed by atoms with Crippen molar-refractivity contribution in [2.45, 2.75) is 25.1 Å². The Morgan fingerprint density at radius 3 is 2.44 bits per heavy atom. The van der Waals surface area contributed by atoms with Gasteiger partial charge in [-0.3, -0.25) is 0 Å². The largest absolute Gasteiger partial charge is 0.413 e. The molecule has 0 fully saturated rings. The summed E-state index contributed by atoms with van der Waals surface area (Å²) < 4.78 is 25.9. The highest BCUT2D eigenvalue weighted by molar-refractivity contribution is 5.72. The van der Waals surface area contributed by atoms with E-state index in [9.17, 15) is 14.3 Å². The summed E-state index contributed by atoms with van der Waals surface area (Å²) in [6.07, 6.45) is -1.32. The van der Waals surface area contributed by atoms with Crippen molar-refractivity contribution in [1.29, 1.82) is 0 Å². The van der Waals surface area contributed by atoms with Crippen molar-refractivity contribution in [2.24, 2.45) is 0 Å². The Bertz CT molecular complexity index is 1680. The molecule has 1 aromatic heterocycles. The second kappa shape index (κ2) is 11.2. The second-order valence-electron chi connectivity index (χ2n) is 9.94. The number of anilines is 1. The predicted octanol–water partition coefficient (Wildman–Crippen LogP) is 5.93. The Hall–Kier alpha value is -5.02. The summed E-state index contributed by atoms with van der Waals surface area (Å²) in [6, 6.07) is 28.8. The molecular weight excluding hydrogens is 523 g/mol. The Kier molecular flexibility index (Phi) is 7.18. The first-order valence-electron chi connectivity index (χ1n) is 13.2. The minimum absolute atomic E-state index is 0.195. The Morgan fingerprint density at radius 2 is 1.71 bits per heavy atom. The van der Waals surface area contributed by atoms with Gasteiger partial charge in [-0.25, -0.2) is 9.18 Å². The maximum Gasteiger partial charge on any atom is 0.413 e. The van der Waals surface area contributed by atoms with Crippen LogP contribution in [-0.2, 0) is 13.0 Å². The highest BCUT2D eigenvalue weighted by atomic mass is 19.1. The molecule has 0 unspecified atom stereocenters. The second-order valence-corrected chi connectivity index (χ2v) is 9.94. The first kappa shape index (κ1) is 26.2. The van der Waals surface area contributed by atoms with Crippen molar-refractivity contribution in [3.05, 3.63) is 120 Å². The topological polar surface area (TPSA) is 101 Å². The standard InChI is InChI=1S/C32H27FN4O4/c1-37(31-36-35-30(41-31)22-10-6-3-7-11-22)19-20-12-13-24-18-27(38)29(25(24)16-20)34-32(39)40-28-15-14-23(17-26(28)33)21-8-4-2-5-9-21/h2-17,27,29,38H,18-19H2,1H3,(H,34,39)/t27-,29-/m1/s1. The van der Waals surface area contributed by atoms with E-state index >= 15 is 0 Å². The zero-order valence-corrected chi connectivity index (χ0v) is 22.2. The molecule has 2 N–H and O–H groups in total. The number of aliphatic hydroxyl groups excluding tert-OH is 1. The summed E-state index contributed by atoms with van der Waals surface area (Å²) in [5, 5.41) is 21.7. The Morgan fingerprint density at radius 1 is 0.976 bits per heavy atom. The zero-order valence-electron chi connectivity index (χ0n) is 22.2. The lowest BCUT2D eigenvalue weighted by atomic mass is 10.0. The molecule has 8 nitrogen and oxygen atoms in total. The van der Waals surface area contributed by atoms with E-state index in [1.54, 1.807) is 6.07 Å². The number of benzene rings is 4. The molecule has 6 rings (SSSR count). The van der Waals surface area contributed by atoms with E-state index in [1.807, 2.05) is 90.8 Å². The molecule has 1 aliphatic carbocycles. The van der Waals surface area contributed by atoms with Gasteiger partial charge in [-0.1, -0.05) is 77.9 Å². The Balaban J connectivity index is 1.13. The number of fused-ring (bicyclic) bond motifs is 1. The fraction of sp³-hybridized carbons (Fsp3) is 0.156. The van der Waals surface area contributed by atoms with Crippen molar-refractivity contribution in [1.82, 2.24) is 15.5 Å². The molecule has 1 heterocycles. The van der Waals surface area contributed by atoms with Crippen molar-refractivity contribution < 1.29 is 23.4 Å². The van der Waals surface area contributed by atoms with E-state index in [1.165, 1.54) is 12.1 Å². The van der Waals surface area contributed by atoms with E-state index in [-0.39, 0.29) is 5.75 Å². The molecule has 9 heteroatoms. The third-order valence-electron chi connectivity index (χ3n) is 7.06. The first-order valence-corrected chi connectivity index (χ1v) is 13.2. The maximum absolute atomic E-state index is 14.8. The van der Waals surface area contributed by atoms with Gasteiger partial charge in [0, 0.05) is 25.6 Å². The molecule has 0 saturated carbocycles. The van der Waals surface area contributed by atoms with Crippen LogP contribution >= 0.6 is 0 Å². The van der Waals surface area contributed by atoms with Crippen LogP contribution in [0.15, 0.2) is 101 Å². The molecule has 1 amide bonds. The number of hydrogen-bond donors (Lipinski definition) is 2. The number of carbonyl (C=O) groups excluding carboxylic acids is 1. The van der Waals surface area contributed by atoms with Crippen LogP contribution in [0.5, 0.6) is 5.75 Å². The fourth-order valence-electron chi connectivity index (χ4n) is 5.00. The van der Waals surface area contributed by atoms with Gasteiger partial charge in [-0.2, -0.15) is 0 Å². The van der Waals surface area contributed by atoms with Gasteiger partial charge in [0.05, 0.1) is 12.1 Å². The van der Waals surface area contributed by atoms with Crippen LogP contribution in [0.1, 0.15) is 22.7 Å². The van der Waals surface area contributed by atoms with Gasteiger partial charge in [0.2, 0.25) is 5.89 Å². The van der Waals surface area contributed by atoms with Crippen molar-refractivity contribution in [2.75, 3.05) is 11.9 Å². The quantitative estimate of drug-likeness (QED) is 0.259. The minimum Gasteiger partial charge on any atom is -0.407 e. The molecule has 4 aromatic carbocycles. The van der Waals surface area contributed by atoms with Crippen LogP contribution in [0.4, 0.5) is 15.2 Å². The SMILES string of the molecule is CN(Cc1ccc2c(c1)[C@@H](NC(=O)Oc1ccc(-c3ccccc3)cc1F)[C@H](O)C2)c1nnc(-c2ccccc2)o1. The third-order valence-corrected chi connectivity index (χ3v) is 7.06. The third kappa shape index (κ3) is 5.66. The molecule has 0 spiro atoms. The summed E-state index contributed by atoms with van der Waals surface area (Å²) in [4.78, 5) is 14.6. The number of halogens is 1. The smallest absolute Gasteiger partial charge is 0.407 e. The fourth-order valence-corrected chi connectivity index (χ4v) is 5.00. The van der Waals surface area contributed by atoms with E-state index < -0.39 is 24.1 Å². The molecule has 0 aliphatic heterocycles. The van der Waals surface area contributed by atoms with Crippen LogP contribution in [-0.4, -0.2) is 34.5 Å². The molecule has 1 aliphatic rings. The lowest BCUT2D eigenvalue weighted by molar-refractivity contribution is 0.133. The summed E-state index contributed by atoms with van der Waals surface area (Å²) >= 11 is 0. The van der Waals surface area contributed by atoms with Crippen LogP contribution in [0.3, 0.4) is 0 Å². The van der Waals surface area contributed by atoms with Crippen LogP contribution in [0, 0.1) is 5.82 Å². The van der Waals surface area contributed by atoms with Gasteiger partial charge in [0.1, 0.15) is 0 Å². The summed E-state index contributed by atoms with van der Waals surface area (Å²) in [5.74, 6) is -0.422. The van der Waals surface area contributed by atoms with Crippen molar-refractivity contribution in [3.63, 3.8) is 0 Å². The number of rotatable bonds is 7. The number of aromatic nitrogens is 2. The molecule has 0 bridgehead atoms. The van der Waals surface area contributed by atoms with Crippen molar-refractivity contribution in [3.8, 4) is 28.3 Å². The van der Waals surface area contributed by atoms with Crippen LogP contribution in [0.25, 0.3) is 22.6 Å². The maximum atomic E-state index is 14.8. The highest BCUT2D eigenvalue weighted by Crippen LogP contribution is 2.33. The summed E-state index contributed by atoms with van der Waals surface area (Å²) in [7, 11) is 1.84. The molecular formula is C32H27FN4O4. The molecule has 206 valence electrons. The van der Waals surface area contributed by atoms with Gasteiger partial charge >= 0.3 is 12.1 Å². The van der Waals surface area contributed by atoms with Gasteiger partial charge in [0.25, 0.3) is 0 Å². The number of carbonyl (C=O) groups is 1. The lowest BCUT2D eigenvalue weighted by Crippen LogP contribution is -2.36. The monoisotopic (exact) mass is 550 g/mol. The molecule has 5 aromatic rings. The molecule has 0 radical (unpaired) electrons. The normalized spacial score (nSPS) is 15.8. The summed E-state index contributed by atoms with van der Waals surface area (Å²) in [6.45, 7) is 0.454. The zero-order chi connectivity index (χ0) is 28.3. The predicted molar refractivity (Wildman–Crippen MR) is 152 cm³/mol. The van der Waals surface area contributed by atoms with Gasteiger partial charge in [-0.05, 0) is 52.1 Å². The number of ether oxygens (including phenoxy) is 1. The van der Waals surface area contributed by atoms with Gasteiger partial charge in [-0.15, -0.1) is 5.10 Å². The average Bonchev–Trinajstić information content (AvgIpc) is 3.60. The van der Waals surface area contributed by atoms with Gasteiger partial charge < -0.3 is 24.5 Å².